The number of nitrogen functional groups attached to an aromatic ring is 1. The molecule has 0 unspecified atom stereocenters. The van der Waals surface area contributed by atoms with Gasteiger partial charge in [-0.05, 0) is 18.9 Å². The number of hydrogen-bond donors (Lipinski definition) is 1. The zero-order valence-electron chi connectivity index (χ0n) is 10.5. The van der Waals surface area contributed by atoms with Gasteiger partial charge in [0.15, 0.2) is 5.82 Å². The van der Waals surface area contributed by atoms with Crippen LogP contribution >= 0.6 is 0 Å². The predicted octanol–water partition coefficient (Wildman–Crippen LogP) is 1.62. The van der Waals surface area contributed by atoms with Gasteiger partial charge in [-0.25, -0.2) is 4.68 Å². The molecule has 0 aromatic carbocycles. The summed E-state index contributed by atoms with van der Waals surface area (Å²) in [6, 6.07) is 2.25. The number of aryl methyl sites for hydroxylation is 1. The molecule has 0 fully saturated rings. The predicted molar refractivity (Wildman–Crippen MR) is 66.3 cm³/mol. The Bertz CT molecular complexity index is 494. The summed E-state index contributed by atoms with van der Waals surface area (Å²) in [4.78, 5) is 0. The van der Waals surface area contributed by atoms with Crippen molar-refractivity contribution in [3.63, 3.8) is 0 Å². The van der Waals surface area contributed by atoms with E-state index in [1.807, 2.05) is 17.8 Å². The van der Waals surface area contributed by atoms with Crippen molar-refractivity contribution in [2.24, 2.45) is 7.05 Å². The van der Waals surface area contributed by atoms with E-state index in [1.165, 1.54) is 0 Å². The summed E-state index contributed by atoms with van der Waals surface area (Å²) in [5.41, 5.74) is 7.72. The summed E-state index contributed by atoms with van der Waals surface area (Å²) >= 11 is 0. The van der Waals surface area contributed by atoms with Crippen LogP contribution in [-0.2, 0) is 7.05 Å². The van der Waals surface area contributed by atoms with E-state index in [4.69, 9.17) is 5.73 Å². The summed E-state index contributed by atoms with van der Waals surface area (Å²) in [6.45, 7) is 4.28. The van der Waals surface area contributed by atoms with Gasteiger partial charge < -0.3 is 5.73 Å². The molecule has 2 N–H and O–H groups in total. The lowest BCUT2D eigenvalue weighted by molar-refractivity contribution is 0.421. The molecule has 2 heterocycles. The molecular formula is C11H18N6. The first-order chi connectivity index (χ1) is 8.19. The maximum atomic E-state index is 5.91. The standard InChI is InChI=1S/C11H18N6/c1-4-8(5-2)17-10(11(12)14-15-17)9-6-7-13-16(9)3/h6-8H,4-5,12H2,1-3H3. The molecule has 0 saturated carbocycles. The largest absolute Gasteiger partial charge is 0.380 e. The SMILES string of the molecule is CCC(CC)n1nnc(N)c1-c1ccnn1C. The normalized spacial score (nSPS) is 11.3. The third-order valence-electron chi connectivity index (χ3n) is 3.07. The summed E-state index contributed by atoms with van der Waals surface area (Å²) in [5.74, 6) is 0.459. The topological polar surface area (TPSA) is 74.6 Å². The Morgan fingerprint density at radius 3 is 2.59 bits per heavy atom. The smallest absolute Gasteiger partial charge is 0.175 e. The second-order valence-electron chi connectivity index (χ2n) is 4.08. The van der Waals surface area contributed by atoms with Gasteiger partial charge in [0, 0.05) is 13.2 Å². The summed E-state index contributed by atoms with van der Waals surface area (Å²) < 4.78 is 3.69. The van der Waals surface area contributed by atoms with Gasteiger partial charge in [0.1, 0.15) is 5.69 Å². The average molecular weight is 234 g/mol. The van der Waals surface area contributed by atoms with E-state index in [9.17, 15) is 0 Å². The van der Waals surface area contributed by atoms with Crippen LogP contribution < -0.4 is 5.73 Å². The van der Waals surface area contributed by atoms with Gasteiger partial charge in [-0.3, -0.25) is 4.68 Å². The molecule has 0 radical (unpaired) electrons. The lowest BCUT2D eigenvalue weighted by Crippen LogP contribution is -2.12. The maximum Gasteiger partial charge on any atom is 0.175 e. The molecule has 0 aliphatic rings. The average Bonchev–Trinajstić information content (AvgIpc) is 2.88. The highest BCUT2D eigenvalue weighted by molar-refractivity contribution is 5.66. The molecule has 0 bridgehead atoms. The molecule has 0 amide bonds. The van der Waals surface area contributed by atoms with Crippen LogP contribution in [0.4, 0.5) is 5.82 Å². The third-order valence-corrected chi connectivity index (χ3v) is 3.07. The lowest BCUT2D eigenvalue weighted by Gasteiger charge is -2.15. The zero-order valence-corrected chi connectivity index (χ0v) is 10.5. The number of aromatic nitrogens is 5. The van der Waals surface area contributed by atoms with Crippen LogP contribution in [0.1, 0.15) is 32.7 Å². The minimum Gasteiger partial charge on any atom is -0.380 e. The van der Waals surface area contributed by atoms with Gasteiger partial charge in [-0.15, -0.1) is 5.10 Å². The van der Waals surface area contributed by atoms with Crippen molar-refractivity contribution in [3.05, 3.63) is 12.3 Å². The summed E-state index contributed by atoms with van der Waals surface area (Å²) in [7, 11) is 1.89. The number of nitrogens with two attached hydrogens (primary N) is 1. The fourth-order valence-corrected chi connectivity index (χ4v) is 2.05. The van der Waals surface area contributed by atoms with Gasteiger partial charge in [-0.1, -0.05) is 19.1 Å². The van der Waals surface area contributed by atoms with Gasteiger partial charge >= 0.3 is 0 Å². The highest BCUT2D eigenvalue weighted by Gasteiger charge is 2.19. The number of anilines is 1. The van der Waals surface area contributed by atoms with Gasteiger partial charge in [0.2, 0.25) is 0 Å². The second-order valence-corrected chi connectivity index (χ2v) is 4.08. The monoisotopic (exact) mass is 234 g/mol. The van der Waals surface area contributed by atoms with E-state index < -0.39 is 0 Å². The van der Waals surface area contributed by atoms with Crippen molar-refractivity contribution in [1.29, 1.82) is 0 Å². The Morgan fingerprint density at radius 1 is 1.35 bits per heavy atom. The molecule has 2 aromatic heterocycles. The van der Waals surface area contributed by atoms with E-state index in [2.05, 4.69) is 29.3 Å². The number of hydrogen-bond acceptors (Lipinski definition) is 4. The fourth-order valence-electron chi connectivity index (χ4n) is 2.05. The van der Waals surface area contributed by atoms with Crippen LogP contribution in [0.2, 0.25) is 0 Å². The van der Waals surface area contributed by atoms with Crippen molar-refractivity contribution in [1.82, 2.24) is 24.8 Å². The molecule has 92 valence electrons. The molecule has 6 heteroatoms. The van der Waals surface area contributed by atoms with Crippen LogP contribution in [0.25, 0.3) is 11.4 Å². The highest BCUT2D eigenvalue weighted by atomic mass is 15.5. The first-order valence-corrected chi connectivity index (χ1v) is 5.88. The minimum atomic E-state index is 0.324. The first-order valence-electron chi connectivity index (χ1n) is 5.88. The number of rotatable bonds is 4. The van der Waals surface area contributed by atoms with Crippen LogP contribution in [0.5, 0.6) is 0 Å². The molecule has 2 aromatic rings. The lowest BCUT2D eigenvalue weighted by atomic mass is 10.1. The summed E-state index contributed by atoms with van der Waals surface area (Å²) in [6.07, 6.45) is 3.76. The quantitative estimate of drug-likeness (QED) is 0.872. The minimum absolute atomic E-state index is 0.324. The molecule has 0 spiro atoms. The Balaban J connectivity index is 2.53. The van der Waals surface area contributed by atoms with Crippen molar-refractivity contribution >= 4 is 5.82 Å². The maximum absolute atomic E-state index is 5.91. The van der Waals surface area contributed by atoms with Crippen LogP contribution in [0, 0.1) is 0 Å². The molecule has 17 heavy (non-hydrogen) atoms. The zero-order chi connectivity index (χ0) is 12.4. The molecule has 6 nitrogen and oxygen atoms in total. The highest BCUT2D eigenvalue weighted by Crippen LogP contribution is 2.28. The van der Waals surface area contributed by atoms with E-state index in [0.29, 0.717) is 11.9 Å². The molecular weight excluding hydrogens is 216 g/mol. The van der Waals surface area contributed by atoms with Crippen LogP contribution in [0.15, 0.2) is 12.3 Å². The van der Waals surface area contributed by atoms with Gasteiger partial charge in [-0.2, -0.15) is 5.10 Å². The van der Waals surface area contributed by atoms with Crippen molar-refractivity contribution < 1.29 is 0 Å². The number of nitrogens with zero attached hydrogens (tertiary/aromatic N) is 5. The molecule has 0 saturated heterocycles. The molecule has 2 rings (SSSR count). The van der Waals surface area contributed by atoms with E-state index in [0.717, 1.165) is 24.2 Å². The Hall–Kier alpha value is -1.85. The Morgan fingerprint density at radius 2 is 2.06 bits per heavy atom. The molecule has 0 atom stereocenters. The van der Waals surface area contributed by atoms with Crippen molar-refractivity contribution in [2.45, 2.75) is 32.7 Å². The van der Waals surface area contributed by atoms with Gasteiger partial charge in [0.25, 0.3) is 0 Å². The molecule has 0 aliphatic carbocycles. The second kappa shape index (κ2) is 4.57. The first kappa shape index (κ1) is 11.6. The van der Waals surface area contributed by atoms with E-state index in [-0.39, 0.29) is 0 Å². The van der Waals surface area contributed by atoms with Crippen molar-refractivity contribution in [3.8, 4) is 11.4 Å². The van der Waals surface area contributed by atoms with Crippen LogP contribution in [-0.4, -0.2) is 24.8 Å². The Kier molecular flexibility index (Phi) is 3.12. The summed E-state index contributed by atoms with van der Waals surface area (Å²) in [5, 5.41) is 12.3. The van der Waals surface area contributed by atoms with Crippen molar-refractivity contribution in [2.75, 3.05) is 5.73 Å². The molecule has 0 aliphatic heterocycles. The Labute approximate surface area is 100 Å². The van der Waals surface area contributed by atoms with Crippen LogP contribution in [0.3, 0.4) is 0 Å². The van der Waals surface area contributed by atoms with E-state index in [1.54, 1.807) is 10.9 Å². The fraction of sp³-hybridized carbons (Fsp3) is 0.545. The third kappa shape index (κ3) is 1.90. The van der Waals surface area contributed by atoms with E-state index >= 15 is 0 Å². The van der Waals surface area contributed by atoms with Gasteiger partial charge in [0.05, 0.1) is 11.7 Å².